The van der Waals surface area contributed by atoms with Crippen LogP contribution in [0, 0.1) is 17.1 Å². The number of nitrogens with zero attached hydrogens (tertiary/aromatic N) is 2. The standard InChI is InChI=1S/C17H21FN4O/c1-2-20-17(22-15-8-13-4-6-16(15)23-13)21-10-12-7-11(9-19)3-5-14(12)18/h3,5,7,13,15-16H,2,4,6,8,10H2,1H3,(H2,20,21,22). The fourth-order valence-electron chi connectivity index (χ4n) is 3.22. The molecule has 2 heterocycles. The van der Waals surface area contributed by atoms with Gasteiger partial charge in [0.25, 0.3) is 0 Å². The van der Waals surface area contributed by atoms with Crippen LogP contribution in [0.4, 0.5) is 4.39 Å². The molecular formula is C17H21FN4O. The SMILES string of the molecule is CCNC(=NCc1cc(C#N)ccc1F)NC1CC2CCC1O2. The number of nitriles is 1. The van der Waals surface area contributed by atoms with Crippen molar-refractivity contribution < 1.29 is 9.13 Å². The Labute approximate surface area is 135 Å². The van der Waals surface area contributed by atoms with E-state index in [1.807, 2.05) is 13.0 Å². The molecule has 2 aliphatic heterocycles. The lowest BCUT2D eigenvalue weighted by Gasteiger charge is -2.22. The van der Waals surface area contributed by atoms with Gasteiger partial charge in [-0.05, 0) is 44.4 Å². The number of hydrogen-bond acceptors (Lipinski definition) is 3. The highest BCUT2D eigenvalue weighted by Gasteiger charge is 2.41. The summed E-state index contributed by atoms with van der Waals surface area (Å²) in [6, 6.07) is 6.62. The highest BCUT2D eigenvalue weighted by atomic mass is 19.1. The van der Waals surface area contributed by atoms with Crippen LogP contribution in [0.15, 0.2) is 23.2 Å². The van der Waals surface area contributed by atoms with Crippen molar-refractivity contribution in [1.82, 2.24) is 10.6 Å². The summed E-state index contributed by atoms with van der Waals surface area (Å²) < 4.78 is 19.7. The van der Waals surface area contributed by atoms with Gasteiger partial charge >= 0.3 is 0 Å². The number of fused-ring (bicyclic) bond motifs is 2. The Balaban J connectivity index is 1.68. The number of halogens is 1. The van der Waals surface area contributed by atoms with Crippen molar-refractivity contribution in [1.29, 1.82) is 5.26 Å². The average Bonchev–Trinajstić information content (AvgIpc) is 3.17. The normalized spacial score (nSPS) is 26.1. The molecule has 23 heavy (non-hydrogen) atoms. The zero-order chi connectivity index (χ0) is 16.2. The lowest BCUT2D eigenvalue weighted by atomic mass is 9.96. The molecule has 1 aromatic carbocycles. The molecule has 0 amide bonds. The first kappa shape index (κ1) is 15.8. The minimum atomic E-state index is -0.341. The summed E-state index contributed by atoms with van der Waals surface area (Å²) in [7, 11) is 0. The number of rotatable bonds is 4. The minimum absolute atomic E-state index is 0.193. The summed E-state index contributed by atoms with van der Waals surface area (Å²) in [5.74, 6) is 0.322. The van der Waals surface area contributed by atoms with E-state index in [0.29, 0.717) is 23.2 Å². The smallest absolute Gasteiger partial charge is 0.191 e. The minimum Gasteiger partial charge on any atom is -0.373 e. The number of benzene rings is 1. The predicted molar refractivity (Wildman–Crippen MR) is 85.4 cm³/mol. The average molecular weight is 316 g/mol. The molecule has 0 aliphatic carbocycles. The van der Waals surface area contributed by atoms with E-state index < -0.39 is 0 Å². The molecule has 2 saturated heterocycles. The van der Waals surface area contributed by atoms with Crippen LogP contribution in [0.25, 0.3) is 0 Å². The number of ether oxygens (including phenoxy) is 1. The molecule has 3 atom stereocenters. The second kappa shape index (κ2) is 6.97. The van der Waals surface area contributed by atoms with Gasteiger partial charge in [0.05, 0.1) is 36.4 Å². The van der Waals surface area contributed by atoms with E-state index in [1.54, 1.807) is 6.07 Å². The van der Waals surface area contributed by atoms with Crippen molar-refractivity contribution >= 4 is 5.96 Å². The van der Waals surface area contributed by atoms with Gasteiger partial charge in [-0.2, -0.15) is 5.26 Å². The van der Waals surface area contributed by atoms with Gasteiger partial charge in [0.2, 0.25) is 0 Å². The van der Waals surface area contributed by atoms with Crippen molar-refractivity contribution in [3.8, 4) is 6.07 Å². The summed E-state index contributed by atoms with van der Waals surface area (Å²) in [4.78, 5) is 4.46. The van der Waals surface area contributed by atoms with Crippen LogP contribution < -0.4 is 10.6 Å². The molecule has 3 rings (SSSR count). The van der Waals surface area contributed by atoms with Gasteiger partial charge in [-0.1, -0.05) is 0 Å². The molecule has 0 saturated carbocycles. The molecule has 6 heteroatoms. The molecule has 0 aromatic heterocycles. The number of aliphatic imine (C=N–C) groups is 1. The highest BCUT2D eigenvalue weighted by molar-refractivity contribution is 5.80. The van der Waals surface area contributed by atoms with Gasteiger partial charge in [0.15, 0.2) is 5.96 Å². The maximum Gasteiger partial charge on any atom is 0.191 e. The third-order valence-corrected chi connectivity index (χ3v) is 4.35. The number of nitrogens with one attached hydrogen (secondary N) is 2. The van der Waals surface area contributed by atoms with E-state index in [-0.39, 0.29) is 24.5 Å². The summed E-state index contributed by atoms with van der Waals surface area (Å²) >= 11 is 0. The van der Waals surface area contributed by atoms with Crippen molar-refractivity contribution in [2.24, 2.45) is 4.99 Å². The van der Waals surface area contributed by atoms with E-state index in [2.05, 4.69) is 15.6 Å². The lowest BCUT2D eigenvalue weighted by Crippen LogP contribution is -2.47. The molecule has 0 radical (unpaired) electrons. The third kappa shape index (κ3) is 3.62. The Bertz CT molecular complexity index is 640. The van der Waals surface area contributed by atoms with Crippen molar-refractivity contribution in [3.63, 3.8) is 0 Å². The zero-order valence-corrected chi connectivity index (χ0v) is 13.2. The Kier molecular flexibility index (Phi) is 4.77. The van der Waals surface area contributed by atoms with Gasteiger partial charge in [0.1, 0.15) is 5.82 Å². The van der Waals surface area contributed by atoms with Crippen LogP contribution in [-0.4, -0.2) is 30.8 Å². The Hall–Kier alpha value is -2.13. The van der Waals surface area contributed by atoms with E-state index in [0.717, 1.165) is 25.8 Å². The molecule has 2 aliphatic rings. The molecule has 2 fully saturated rings. The van der Waals surface area contributed by atoms with Gasteiger partial charge in [-0.3, -0.25) is 0 Å². The number of hydrogen-bond donors (Lipinski definition) is 2. The molecule has 5 nitrogen and oxygen atoms in total. The molecule has 122 valence electrons. The molecule has 3 unspecified atom stereocenters. The Morgan fingerprint density at radius 1 is 1.48 bits per heavy atom. The van der Waals surface area contributed by atoms with Gasteiger partial charge < -0.3 is 15.4 Å². The Morgan fingerprint density at radius 3 is 3.00 bits per heavy atom. The van der Waals surface area contributed by atoms with Crippen LogP contribution in [0.1, 0.15) is 37.3 Å². The maximum absolute atomic E-state index is 13.8. The molecule has 0 spiro atoms. The third-order valence-electron chi connectivity index (χ3n) is 4.35. The lowest BCUT2D eigenvalue weighted by molar-refractivity contribution is 0.0992. The van der Waals surface area contributed by atoms with Crippen LogP contribution in [0.5, 0.6) is 0 Å². The van der Waals surface area contributed by atoms with Gasteiger partial charge in [-0.15, -0.1) is 0 Å². The van der Waals surface area contributed by atoms with Crippen molar-refractivity contribution in [3.05, 3.63) is 35.1 Å². The zero-order valence-electron chi connectivity index (χ0n) is 13.2. The van der Waals surface area contributed by atoms with Gasteiger partial charge in [-0.25, -0.2) is 9.38 Å². The number of guanidine groups is 1. The van der Waals surface area contributed by atoms with Crippen LogP contribution in [0.3, 0.4) is 0 Å². The van der Waals surface area contributed by atoms with E-state index in [4.69, 9.17) is 10.00 Å². The van der Waals surface area contributed by atoms with E-state index in [9.17, 15) is 4.39 Å². The highest BCUT2D eigenvalue weighted by Crippen LogP contribution is 2.34. The molecular weight excluding hydrogens is 295 g/mol. The van der Waals surface area contributed by atoms with E-state index >= 15 is 0 Å². The second-order valence-corrected chi connectivity index (χ2v) is 5.97. The predicted octanol–water partition coefficient (Wildman–Crippen LogP) is 2.07. The van der Waals surface area contributed by atoms with E-state index in [1.165, 1.54) is 12.1 Å². The molecule has 2 N–H and O–H groups in total. The largest absolute Gasteiger partial charge is 0.373 e. The summed E-state index contributed by atoms with van der Waals surface area (Å²) in [5, 5.41) is 15.5. The topological polar surface area (TPSA) is 69.4 Å². The monoisotopic (exact) mass is 316 g/mol. The summed E-state index contributed by atoms with van der Waals surface area (Å²) in [5.41, 5.74) is 0.863. The van der Waals surface area contributed by atoms with Crippen LogP contribution >= 0.6 is 0 Å². The van der Waals surface area contributed by atoms with Crippen molar-refractivity contribution in [2.45, 2.75) is 51.0 Å². The van der Waals surface area contributed by atoms with Gasteiger partial charge in [0, 0.05) is 12.1 Å². The maximum atomic E-state index is 13.8. The second-order valence-electron chi connectivity index (χ2n) is 5.97. The van der Waals surface area contributed by atoms with Crippen LogP contribution in [0.2, 0.25) is 0 Å². The quantitative estimate of drug-likeness (QED) is 0.659. The first-order valence-electron chi connectivity index (χ1n) is 8.08. The Morgan fingerprint density at radius 2 is 2.35 bits per heavy atom. The molecule has 1 aromatic rings. The first-order valence-corrected chi connectivity index (χ1v) is 8.08. The molecule has 2 bridgehead atoms. The fourth-order valence-corrected chi connectivity index (χ4v) is 3.22. The van der Waals surface area contributed by atoms with Crippen LogP contribution in [-0.2, 0) is 11.3 Å². The summed E-state index contributed by atoms with van der Waals surface area (Å²) in [6.07, 6.45) is 3.84. The fraction of sp³-hybridized carbons (Fsp3) is 0.529. The summed E-state index contributed by atoms with van der Waals surface area (Å²) in [6.45, 7) is 2.91. The first-order chi connectivity index (χ1) is 11.2. The van der Waals surface area contributed by atoms with Crippen molar-refractivity contribution in [2.75, 3.05) is 6.54 Å².